The summed E-state index contributed by atoms with van der Waals surface area (Å²) in [5.41, 5.74) is 1.12. The second-order valence-electron chi connectivity index (χ2n) is 6.88. The zero-order valence-corrected chi connectivity index (χ0v) is 15.8. The van der Waals surface area contributed by atoms with E-state index in [1.807, 2.05) is 63.2 Å². The Morgan fingerprint density at radius 2 is 1.77 bits per heavy atom. The Morgan fingerprint density at radius 1 is 1.08 bits per heavy atom. The lowest BCUT2D eigenvalue weighted by Crippen LogP contribution is -2.27. The van der Waals surface area contributed by atoms with Crippen molar-refractivity contribution in [1.29, 1.82) is 0 Å². The fourth-order valence-electron chi connectivity index (χ4n) is 2.46. The van der Waals surface area contributed by atoms with Crippen molar-refractivity contribution in [2.75, 3.05) is 6.61 Å². The van der Waals surface area contributed by atoms with Crippen molar-refractivity contribution in [3.63, 3.8) is 0 Å². The number of fused-ring (bicyclic) bond motifs is 1. The van der Waals surface area contributed by atoms with Crippen LogP contribution in [0.4, 0.5) is 0 Å². The highest BCUT2D eigenvalue weighted by atomic mass is 32.2. The van der Waals surface area contributed by atoms with Gasteiger partial charge < -0.3 is 9.47 Å². The maximum atomic E-state index is 12.4. The first kappa shape index (κ1) is 18.3. The van der Waals surface area contributed by atoms with E-state index in [0.717, 1.165) is 16.0 Å². The molecular weight excluding hydrogens is 348 g/mol. The second kappa shape index (κ2) is 7.38. The normalized spacial score (nSPS) is 15.0. The molecule has 134 valence electrons. The number of Topliss-reactive ketones (excluding diaryl/α,β-unsaturated/α-hetero) is 1. The molecule has 0 atom stereocenters. The summed E-state index contributed by atoms with van der Waals surface area (Å²) in [4.78, 5) is 25.8. The van der Waals surface area contributed by atoms with Gasteiger partial charge in [-0.1, -0.05) is 36.0 Å². The van der Waals surface area contributed by atoms with Crippen LogP contribution in [-0.4, -0.2) is 24.0 Å². The van der Waals surface area contributed by atoms with Gasteiger partial charge in [-0.3, -0.25) is 4.79 Å². The molecule has 5 heteroatoms. The lowest BCUT2D eigenvalue weighted by atomic mass is 10.1. The SMILES string of the molecule is CC(C)(C)OC(=O)COc1ccc(C=C2Sc3ccccc3C2=O)cc1. The zero-order valence-electron chi connectivity index (χ0n) is 14.9. The zero-order chi connectivity index (χ0) is 18.7. The van der Waals surface area contributed by atoms with E-state index >= 15 is 0 Å². The van der Waals surface area contributed by atoms with E-state index in [1.54, 1.807) is 12.1 Å². The van der Waals surface area contributed by atoms with Crippen molar-refractivity contribution in [3.05, 3.63) is 64.6 Å². The Hall–Kier alpha value is -2.53. The van der Waals surface area contributed by atoms with Gasteiger partial charge in [-0.25, -0.2) is 4.79 Å². The van der Waals surface area contributed by atoms with Gasteiger partial charge in [-0.15, -0.1) is 0 Å². The van der Waals surface area contributed by atoms with Crippen LogP contribution in [0.5, 0.6) is 5.75 Å². The minimum absolute atomic E-state index is 0.0517. The molecule has 0 saturated heterocycles. The second-order valence-corrected chi connectivity index (χ2v) is 7.96. The number of benzene rings is 2. The highest BCUT2D eigenvalue weighted by molar-refractivity contribution is 8.04. The van der Waals surface area contributed by atoms with Crippen LogP contribution >= 0.6 is 11.8 Å². The predicted molar refractivity (Wildman–Crippen MR) is 102 cm³/mol. The highest BCUT2D eigenvalue weighted by Crippen LogP contribution is 2.40. The maximum Gasteiger partial charge on any atom is 0.344 e. The summed E-state index contributed by atoms with van der Waals surface area (Å²) in [6.45, 7) is 5.30. The van der Waals surface area contributed by atoms with Gasteiger partial charge >= 0.3 is 5.97 Å². The van der Waals surface area contributed by atoms with E-state index in [1.165, 1.54) is 11.8 Å². The molecule has 0 aliphatic carbocycles. The third-order valence-electron chi connectivity index (χ3n) is 3.53. The Bertz CT molecular complexity index is 860. The number of thioether (sulfide) groups is 1. The van der Waals surface area contributed by atoms with Gasteiger partial charge in [0.1, 0.15) is 11.4 Å². The van der Waals surface area contributed by atoms with E-state index in [9.17, 15) is 9.59 Å². The number of ketones is 1. The molecule has 0 bridgehead atoms. The Kier molecular flexibility index (Phi) is 5.18. The van der Waals surface area contributed by atoms with Crippen molar-refractivity contribution in [2.45, 2.75) is 31.3 Å². The van der Waals surface area contributed by atoms with Crippen LogP contribution in [0.3, 0.4) is 0 Å². The topological polar surface area (TPSA) is 52.6 Å². The van der Waals surface area contributed by atoms with Crippen LogP contribution in [0.15, 0.2) is 58.3 Å². The third-order valence-corrected chi connectivity index (χ3v) is 4.63. The monoisotopic (exact) mass is 368 g/mol. The number of ether oxygens (including phenoxy) is 2. The quantitative estimate of drug-likeness (QED) is 0.576. The van der Waals surface area contributed by atoms with Crippen molar-refractivity contribution >= 4 is 29.6 Å². The summed E-state index contributed by atoms with van der Waals surface area (Å²) in [7, 11) is 0. The van der Waals surface area contributed by atoms with Crippen LogP contribution in [0.2, 0.25) is 0 Å². The molecule has 0 N–H and O–H groups in total. The number of hydrogen-bond acceptors (Lipinski definition) is 5. The molecular formula is C21H20O4S. The van der Waals surface area contributed by atoms with Crippen LogP contribution in [-0.2, 0) is 9.53 Å². The molecule has 0 fully saturated rings. The number of esters is 1. The first-order valence-electron chi connectivity index (χ1n) is 8.30. The minimum atomic E-state index is -0.528. The molecule has 1 aliphatic heterocycles. The van der Waals surface area contributed by atoms with Crippen molar-refractivity contribution in [3.8, 4) is 5.75 Å². The van der Waals surface area contributed by atoms with E-state index in [4.69, 9.17) is 9.47 Å². The van der Waals surface area contributed by atoms with Gasteiger partial charge in [0.15, 0.2) is 6.61 Å². The Morgan fingerprint density at radius 3 is 2.42 bits per heavy atom. The van der Waals surface area contributed by atoms with Crippen LogP contribution in [0.1, 0.15) is 36.7 Å². The molecule has 2 aromatic carbocycles. The number of carbonyl (C=O) groups excluding carboxylic acids is 2. The lowest BCUT2D eigenvalue weighted by molar-refractivity contribution is -0.157. The van der Waals surface area contributed by atoms with Crippen molar-refractivity contribution < 1.29 is 19.1 Å². The van der Waals surface area contributed by atoms with Crippen LogP contribution in [0, 0.1) is 0 Å². The lowest BCUT2D eigenvalue weighted by Gasteiger charge is -2.19. The molecule has 0 saturated carbocycles. The molecule has 2 aromatic rings. The first-order valence-corrected chi connectivity index (χ1v) is 9.11. The summed E-state index contributed by atoms with van der Waals surface area (Å²) < 4.78 is 10.6. The number of carbonyl (C=O) groups is 2. The van der Waals surface area contributed by atoms with Crippen LogP contribution < -0.4 is 4.74 Å². The molecule has 26 heavy (non-hydrogen) atoms. The smallest absolute Gasteiger partial charge is 0.344 e. The summed E-state index contributed by atoms with van der Waals surface area (Å²) in [6, 6.07) is 14.9. The summed E-state index contributed by atoms with van der Waals surface area (Å²) in [5.74, 6) is 0.219. The van der Waals surface area contributed by atoms with E-state index in [2.05, 4.69) is 0 Å². The maximum absolute atomic E-state index is 12.4. The number of hydrogen-bond donors (Lipinski definition) is 0. The number of rotatable bonds is 4. The largest absolute Gasteiger partial charge is 0.482 e. The molecule has 3 rings (SSSR count). The van der Waals surface area contributed by atoms with Crippen molar-refractivity contribution in [2.24, 2.45) is 0 Å². The van der Waals surface area contributed by atoms with Crippen LogP contribution in [0.25, 0.3) is 6.08 Å². The fourth-order valence-corrected chi connectivity index (χ4v) is 3.51. The summed E-state index contributed by atoms with van der Waals surface area (Å²) in [6.07, 6.45) is 1.87. The number of allylic oxidation sites excluding steroid dienone is 1. The average Bonchev–Trinajstić information content (AvgIpc) is 2.89. The Labute approximate surface area is 157 Å². The van der Waals surface area contributed by atoms with Gasteiger partial charge in [-0.2, -0.15) is 0 Å². The highest BCUT2D eigenvalue weighted by Gasteiger charge is 2.25. The summed E-state index contributed by atoms with van der Waals surface area (Å²) in [5, 5.41) is 0. The van der Waals surface area contributed by atoms with E-state index in [-0.39, 0.29) is 12.4 Å². The molecule has 1 heterocycles. The predicted octanol–water partition coefficient (Wildman–Crippen LogP) is 4.74. The molecule has 0 spiro atoms. The van der Waals surface area contributed by atoms with E-state index in [0.29, 0.717) is 10.7 Å². The van der Waals surface area contributed by atoms with Gasteiger partial charge in [0.05, 0.1) is 4.91 Å². The molecule has 0 amide bonds. The molecule has 0 aromatic heterocycles. The van der Waals surface area contributed by atoms with Gasteiger partial charge in [0, 0.05) is 10.5 Å². The molecule has 0 unspecified atom stereocenters. The van der Waals surface area contributed by atoms with Crippen molar-refractivity contribution in [1.82, 2.24) is 0 Å². The standard InChI is InChI=1S/C21H20O4S/c1-21(2,3)25-19(22)13-24-15-10-8-14(9-11-15)12-18-20(23)16-6-4-5-7-17(16)26-18/h4-12H,13H2,1-3H3. The van der Waals surface area contributed by atoms with Gasteiger partial charge in [0.2, 0.25) is 5.78 Å². The average molecular weight is 368 g/mol. The molecule has 0 radical (unpaired) electrons. The Balaban J connectivity index is 1.62. The minimum Gasteiger partial charge on any atom is -0.482 e. The molecule has 4 nitrogen and oxygen atoms in total. The van der Waals surface area contributed by atoms with E-state index < -0.39 is 11.6 Å². The first-order chi connectivity index (χ1) is 12.3. The van der Waals surface area contributed by atoms with Gasteiger partial charge in [0.25, 0.3) is 0 Å². The molecule has 1 aliphatic rings. The third kappa shape index (κ3) is 4.55. The van der Waals surface area contributed by atoms with Gasteiger partial charge in [-0.05, 0) is 56.7 Å². The fraction of sp³-hybridized carbons (Fsp3) is 0.238. The summed E-state index contributed by atoms with van der Waals surface area (Å²) >= 11 is 1.48.